The van der Waals surface area contributed by atoms with E-state index in [9.17, 15) is 4.39 Å². The van der Waals surface area contributed by atoms with E-state index in [4.69, 9.17) is 37.0 Å². The molecule has 1 saturated carbocycles. The van der Waals surface area contributed by atoms with Gasteiger partial charge in [-0.2, -0.15) is 9.37 Å². The average Bonchev–Trinajstić information content (AvgIpc) is 3.30. The van der Waals surface area contributed by atoms with Crippen LogP contribution >= 0.6 is 11.6 Å². The van der Waals surface area contributed by atoms with Crippen LogP contribution in [0, 0.1) is 11.7 Å². The number of hydrogen-bond donors (Lipinski definition) is 2. The lowest BCUT2D eigenvalue weighted by Crippen LogP contribution is -2.32. The Balaban J connectivity index is 1.11. The van der Waals surface area contributed by atoms with Gasteiger partial charge < -0.3 is 25.0 Å². The first-order chi connectivity index (χ1) is 19.9. The third kappa shape index (κ3) is 6.25. The van der Waals surface area contributed by atoms with Crippen molar-refractivity contribution in [2.75, 3.05) is 6.61 Å². The zero-order valence-corrected chi connectivity index (χ0v) is 23.2. The number of amidine groups is 1. The van der Waals surface area contributed by atoms with Gasteiger partial charge in [0, 0.05) is 24.5 Å². The maximum Gasteiger partial charge on any atom is 0.254 e. The molecule has 0 bridgehead atoms. The summed E-state index contributed by atoms with van der Waals surface area (Å²) in [6.45, 7) is 1.48. The third-order valence-electron chi connectivity index (χ3n) is 7.84. The molecule has 3 aromatic heterocycles. The van der Waals surface area contributed by atoms with Crippen molar-refractivity contribution in [2.45, 2.75) is 63.7 Å². The van der Waals surface area contributed by atoms with Gasteiger partial charge in [-0.1, -0.05) is 28.9 Å². The predicted molar refractivity (Wildman–Crippen MR) is 151 cm³/mol. The Bertz CT molecular complexity index is 1550. The van der Waals surface area contributed by atoms with Gasteiger partial charge in [0.1, 0.15) is 23.4 Å². The maximum absolute atomic E-state index is 14.5. The normalized spacial score (nSPS) is 21.1. The summed E-state index contributed by atoms with van der Waals surface area (Å²) >= 11 is 5.97. The van der Waals surface area contributed by atoms with Gasteiger partial charge in [0.2, 0.25) is 5.82 Å². The molecule has 6 rings (SSSR count). The van der Waals surface area contributed by atoms with Crippen LogP contribution < -0.4 is 10.5 Å². The van der Waals surface area contributed by atoms with Gasteiger partial charge in [-0.25, -0.2) is 9.97 Å². The number of nitrogens with two attached hydrogens (primary N) is 1. The molecule has 2 aliphatic rings. The van der Waals surface area contributed by atoms with E-state index in [-0.39, 0.29) is 23.9 Å². The second-order valence-electron chi connectivity index (χ2n) is 10.7. The fourth-order valence-corrected chi connectivity index (χ4v) is 5.59. The summed E-state index contributed by atoms with van der Waals surface area (Å²) in [5.41, 5.74) is 8.76. The van der Waals surface area contributed by atoms with Crippen molar-refractivity contribution in [1.29, 1.82) is 0 Å². The van der Waals surface area contributed by atoms with E-state index in [1.807, 2.05) is 24.3 Å². The van der Waals surface area contributed by atoms with Gasteiger partial charge >= 0.3 is 0 Å². The summed E-state index contributed by atoms with van der Waals surface area (Å²) in [5.74, 6) is 1.26. The lowest BCUT2D eigenvalue weighted by molar-refractivity contribution is -0.0590. The minimum Gasteiger partial charge on any atom is -0.472 e. The number of aromatic nitrogens is 5. The smallest absolute Gasteiger partial charge is 0.254 e. The van der Waals surface area contributed by atoms with Gasteiger partial charge in [0.05, 0.1) is 36.1 Å². The fourth-order valence-electron chi connectivity index (χ4n) is 5.46. The molecule has 3 N–H and O–H groups in total. The highest BCUT2D eigenvalue weighted by atomic mass is 35.5. The zero-order valence-electron chi connectivity index (χ0n) is 22.4. The van der Waals surface area contributed by atoms with Crippen molar-refractivity contribution in [2.24, 2.45) is 16.8 Å². The molecule has 1 saturated heterocycles. The van der Waals surface area contributed by atoms with Crippen LogP contribution in [-0.4, -0.2) is 54.4 Å². The molecular formula is C29H31ClFN7O3. The SMILES string of the molecule is N/C(=N\O)c1cc2nc(CC3CCC(Oc4nc(Cc5ccc(Cl)cc5)ncc4F)CC3)n(C[C@@H]3CCO3)c2cn1. The van der Waals surface area contributed by atoms with Crippen LogP contribution in [0.2, 0.25) is 5.02 Å². The highest BCUT2D eigenvalue weighted by Crippen LogP contribution is 2.31. The minimum atomic E-state index is -0.557. The molecule has 41 heavy (non-hydrogen) atoms. The van der Waals surface area contributed by atoms with Crippen LogP contribution in [0.4, 0.5) is 4.39 Å². The molecule has 12 heteroatoms. The van der Waals surface area contributed by atoms with Crippen molar-refractivity contribution in [1.82, 2.24) is 24.5 Å². The van der Waals surface area contributed by atoms with Crippen LogP contribution in [0.25, 0.3) is 11.0 Å². The summed E-state index contributed by atoms with van der Waals surface area (Å²) in [6, 6.07) is 9.16. The van der Waals surface area contributed by atoms with Gasteiger partial charge in [-0.05, 0) is 61.8 Å². The summed E-state index contributed by atoms with van der Waals surface area (Å²) in [5, 5.41) is 12.8. The fraction of sp³-hybridized carbons (Fsp3) is 0.414. The van der Waals surface area contributed by atoms with E-state index in [1.54, 1.807) is 12.3 Å². The van der Waals surface area contributed by atoms with E-state index in [0.717, 1.165) is 67.6 Å². The molecule has 1 aliphatic heterocycles. The molecule has 0 unspecified atom stereocenters. The molecule has 4 heterocycles. The Kier molecular flexibility index (Phi) is 7.97. The van der Waals surface area contributed by atoms with Crippen molar-refractivity contribution in [3.05, 3.63) is 76.5 Å². The molecule has 2 fully saturated rings. The largest absolute Gasteiger partial charge is 0.472 e. The summed E-state index contributed by atoms with van der Waals surface area (Å²) in [7, 11) is 0. The number of imidazole rings is 1. The number of pyridine rings is 1. The van der Waals surface area contributed by atoms with Crippen molar-refractivity contribution in [3.63, 3.8) is 0 Å². The monoisotopic (exact) mass is 579 g/mol. The van der Waals surface area contributed by atoms with Gasteiger partial charge in [0.15, 0.2) is 5.84 Å². The van der Waals surface area contributed by atoms with Crippen LogP contribution in [0.15, 0.2) is 47.9 Å². The number of nitrogens with zero attached hydrogens (tertiary/aromatic N) is 6. The van der Waals surface area contributed by atoms with Crippen molar-refractivity contribution >= 4 is 28.5 Å². The lowest BCUT2D eigenvalue weighted by Gasteiger charge is -2.30. The molecule has 214 valence electrons. The van der Waals surface area contributed by atoms with Crippen LogP contribution in [0.5, 0.6) is 5.88 Å². The molecule has 1 aliphatic carbocycles. The van der Waals surface area contributed by atoms with Crippen LogP contribution in [-0.2, 0) is 24.1 Å². The number of fused-ring (bicyclic) bond motifs is 1. The Labute approximate surface area is 241 Å². The molecule has 0 spiro atoms. The van der Waals surface area contributed by atoms with Gasteiger partial charge in [0.25, 0.3) is 5.88 Å². The summed E-state index contributed by atoms with van der Waals surface area (Å²) in [4.78, 5) is 17.8. The second-order valence-corrected chi connectivity index (χ2v) is 11.1. The third-order valence-corrected chi connectivity index (χ3v) is 8.10. The Morgan fingerprint density at radius 2 is 1.90 bits per heavy atom. The number of ether oxygens (including phenoxy) is 2. The molecule has 0 radical (unpaired) electrons. The molecule has 1 atom stereocenters. The maximum atomic E-state index is 14.5. The molecule has 0 amide bonds. The quantitative estimate of drug-likeness (QED) is 0.126. The topological polar surface area (TPSA) is 134 Å². The van der Waals surface area contributed by atoms with Gasteiger partial charge in [-0.15, -0.1) is 0 Å². The molecular weight excluding hydrogens is 549 g/mol. The number of halogens is 2. The molecule has 10 nitrogen and oxygen atoms in total. The van der Waals surface area contributed by atoms with E-state index < -0.39 is 5.82 Å². The van der Waals surface area contributed by atoms with Crippen LogP contribution in [0.3, 0.4) is 0 Å². The standard InChI is InChI=1S/C29H31ClFN7O3/c30-19-5-1-17(2-6-19)11-26-34-14-22(31)29(36-26)41-20-7-3-18(4-8-20)12-27-35-23-13-24(28(32)37-39)33-15-25(23)38(27)16-21-9-10-40-21/h1-2,5-6,13-15,18,20-21,39H,3-4,7-12,16H2,(H2,32,37)/t18?,20?,21-/m0/s1. The highest BCUT2D eigenvalue weighted by Gasteiger charge is 2.28. The summed E-state index contributed by atoms with van der Waals surface area (Å²) < 4.78 is 28.5. The number of hydrogen-bond acceptors (Lipinski definition) is 8. The number of benzene rings is 1. The molecule has 1 aromatic carbocycles. The molecule has 4 aromatic rings. The first-order valence-corrected chi connectivity index (χ1v) is 14.2. The van der Waals surface area contributed by atoms with E-state index in [1.165, 1.54) is 6.20 Å². The van der Waals surface area contributed by atoms with Crippen LogP contribution in [0.1, 0.15) is 55.0 Å². The second kappa shape index (κ2) is 12.0. The van der Waals surface area contributed by atoms with Gasteiger partial charge in [-0.3, -0.25) is 4.98 Å². The predicted octanol–water partition coefficient (Wildman–Crippen LogP) is 4.67. The van der Waals surface area contributed by atoms with E-state index in [2.05, 4.69) is 24.7 Å². The Morgan fingerprint density at radius 3 is 2.61 bits per heavy atom. The first-order valence-electron chi connectivity index (χ1n) is 13.8. The average molecular weight is 580 g/mol. The summed E-state index contributed by atoms with van der Waals surface area (Å²) in [6.07, 6.45) is 8.64. The first kappa shape index (κ1) is 27.3. The minimum absolute atomic E-state index is 0.00343. The van der Waals surface area contributed by atoms with E-state index in [0.29, 0.717) is 35.4 Å². The Morgan fingerprint density at radius 1 is 1.12 bits per heavy atom. The van der Waals surface area contributed by atoms with Crippen molar-refractivity contribution < 1.29 is 19.1 Å². The Hall–Kier alpha value is -3.83. The van der Waals surface area contributed by atoms with Crippen molar-refractivity contribution in [3.8, 4) is 5.88 Å². The number of oxime groups is 1. The highest BCUT2D eigenvalue weighted by molar-refractivity contribution is 6.30. The lowest BCUT2D eigenvalue weighted by atomic mass is 9.85. The zero-order chi connectivity index (χ0) is 28.3. The number of rotatable bonds is 9. The van der Waals surface area contributed by atoms with E-state index >= 15 is 0 Å².